The lowest BCUT2D eigenvalue weighted by Crippen LogP contribution is -2.50. The van der Waals surface area contributed by atoms with Crippen LogP contribution in [0.3, 0.4) is 0 Å². The van der Waals surface area contributed by atoms with Crippen LogP contribution in [-0.4, -0.2) is 37.1 Å². The molecule has 2 unspecified atom stereocenters. The lowest BCUT2D eigenvalue weighted by Gasteiger charge is -2.46. The van der Waals surface area contributed by atoms with Gasteiger partial charge in [-0.05, 0) is 70.0 Å². The van der Waals surface area contributed by atoms with Crippen molar-refractivity contribution in [1.29, 1.82) is 0 Å². The van der Waals surface area contributed by atoms with Gasteiger partial charge in [0.1, 0.15) is 0 Å². The van der Waals surface area contributed by atoms with Gasteiger partial charge in [-0.2, -0.15) is 0 Å². The molecule has 0 saturated carbocycles. The van der Waals surface area contributed by atoms with Gasteiger partial charge in [0.15, 0.2) is 0 Å². The van der Waals surface area contributed by atoms with Gasteiger partial charge >= 0.3 is 0 Å². The van der Waals surface area contributed by atoms with Gasteiger partial charge in [0.05, 0.1) is 0 Å². The normalized spacial score (nSPS) is 34.8. The summed E-state index contributed by atoms with van der Waals surface area (Å²) in [7, 11) is 0. The summed E-state index contributed by atoms with van der Waals surface area (Å²) in [5, 5.41) is 3.51. The lowest BCUT2D eigenvalue weighted by molar-refractivity contribution is 0.0411. The van der Waals surface area contributed by atoms with Crippen LogP contribution in [0, 0.1) is 11.3 Å². The van der Waals surface area contributed by atoms with E-state index in [4.69, 9.17) is 0 Å². The van der Waals surface area contributed by atoms with E-state index < -0.39 is 0 Å². The van der Waals surface area contributed by atoms with Gasteiger partial charge < -0.3 is 5.32 Å². The first-order valence-corrected chi connectivity index (χ1v) is 7.62. The van der Waals surface area contributed by atoms with Crippen molar-refractivity contribution in [3.05, 3.63) is 0 Å². The molecule has 0 radical (unpaired) electrons. The fourth-order valence-corrected chi connectivity index (χ4v) is 3.66. The molecular formula is C15H30N2. The Morgan fingerprint density at radius 2 is 1.94 bits per heavy atom. The second-order valence-electron chi connectivity index (χ2n) is 6.43. The second kappa shape index (κ2) is 5.71. The maximum absolute atomic E-state index is 3.51. The Morgan fingerprint density at radius 1 is 1.24 bits per heavy atom. The molecule has 0 spiro atoms. The monoisotopic (exact) mass is 238 g/mol. The molecule has 0 amide bonds. The molecule has 2 fully saturated rings. The first-order chi connectivity index (χ1) is 8.17. The molecule has 100 valence electrons. The van der Waals surface area contributed by atoms with E-state index in [1.807, 2.05) is 0 Å². The zero-order valence-corrected chi connectivity index (χ0v) is 12.0. The number of piperidine rings is 2. The molecule has 2 saturated heterocycles. The third-order valence-electron chi connectivity index (χ3n) is 5.46. The Hall–Kier alpha value is -0.0800. The van der Waals surface area contributed by atoms with E-state index in [9.17, 15) is 0 Å². The maximum Gasteiger partial charge on any atom is 0.00927 e. The molecule has 0 aromatic heterocycles. The fourth-order valence-electron chi connectivity index (χ4n) is 3.66. The molecule has 2 heterocycles. The molecule has 2 aliphatic heterocycles. The van der Waals surface area contributed by atoms with Crippen LogP contribution in [0.25, 0.3) is 0 Å². The van der Waals surface area contributed by atoms with E-state index in [2.05, 4.69) is 31.0 Å². The van der Waals surface area contributed by atoms with Gasteiger partial charge in [0.2, 0.25) is 0 Å². The van der Waals surface area contributed by atoms with Crippen LogP contribution < -0.4 is 5.32 Å². The Labute approximate surface area is 107 Å². The third kappa shape index (κ3) is 3.03. The van der Waals surface area contributed by atoms with Crippen molar-refractivity contribution in [1.82, 2.24) is 10.2 Å². The minimum absolute atomic E-state index is 0.608. The van der Waals surface area contributed by atoms with Gasteiger partial charge in [0, 0.05) is 12.6 Å². The summed E-state index contributed by atoms with van der Waals surface area (Å²) in [5.41, 5.74) is 0.608. The molecule has 0 aliphatic carbocycles. The SMILES string of the molecule is CCC1(CN2CCCC(C)C2C)CCNCC1. The molecule has 2 nitrogen and oxygen atoms in total. The molecule has 2 rings (SSSR count). The van der Waals surface area contributed by atoms with Gasteiger partial charge in [-0.1, -0.05) is 13.8 Å². The molecule has 0 aromatic rings. The summed E-state index contributed by atoms with van der Waals surface area (Å²) in [5.74, 6) is 0.888. The predicted octanol–water partition coefficient (Wildman–Crippen LogP) is 2.89. The van der Waals surface area contributed by atoms with E-state index in [0.29, 0.717) is 5.41 Å². The van der Waals surface area contributed by atoms with Crippen LogP contribution in [-0.2, 0) is 0 Å². The van der Waals surface area contributed by atoms with Crippen molar-refractivity contribution in [2.45, 2.75) is 58.9 Å². The van der Waals surface area contributed by atoms with E-state index in [0.717, 1.165) is 12.0 Å². The molecule has 2 aliphatic rings. The van der Waals surface area contributed by atoms with E-state index in [1.165, 1.54) is 58.3 Å². The van der Waals surface area contributed by atoms with Crippen LogP contribution in [0.4, 0.5) is 0 Å². The summed E-state index contributed by atoms with van der Waals surface area (Å²) in [4.78, 5) is 2.78. The van der Waals surface area contributed by atoms with Crippen molar-refractivity contribution in [3.8, 4) is 0 Å². The highest BCUT2D eigenvalue weighted by atomic mass is 15.2. The average Bonchev–Trinajstić information content (AvgIpc) is 2.36. The lowest BCUT2D eigenvalue weighted by atomic mass is 9.75. The zero-order valence-electron chi connectivity index (χ0n) is 12.0. The smallest absolute Gasteiger partial charge is 0.00927 e. The fraction of sp³-hybridized carbons (Fsp3) is 1.00. The molecule has 1 N–H and O–H groups in total. The number of nitrogens with zero attached hydrogens (tertiary/aromatic N) is 1. The van der Waals surface area contributed by atoms with Crippen LogP contribution in [0.15, 0.2) is 0 Å². The Morgan fingerprint density at radius 3 is 2.59 bits per heavy atom. The van der Waals surface area contributed by atoms with Crippen LogP contribution in [0.5, 0.6) is 0 Å². The highest BCUT2D eigenvalue weighted by molar-refractivity contribution is 4.89. The summed E-state index contributed by atoms with van der Waals surface area (Å²) >= 11 is 0. The summed E-state index contributed by atoms with van der Waals surface area (Å²) in [6.45, 7) is 12.4. The van der Waals surface area contributed by atoms with E-state index in [-0.39, 0.29) is 0 Å². The highest BCUT2D eigenvalue weighted by Crippen LogP contribution is 2.36. The van der Waals surface area contributed by atoms with Crippen LogP contribution >= 0.6 is 0 Å². The number of nitrogens with one attached hydrogen (secondary N) is 1. The van der Waals surface area contributed by atoms with Crippen molar-refractivity contribution < 1.29 is 0 Å². The van der Waals surface area contributed by atoms with Gasteiger partial charge in [-0.15, -0.1) is 0 Å². The van der Waals surface area contributed by atoms with Gasteiger partial charge in [-0.3, -0.25) is 4.90 Å². The Kier molecular flexibility index (Phi) is 4.48. The van der Waals surface area contributed by atoms with Crippen LogP contribution in [0.2, 0.25) is 0 Å². The Balaban J connectivity index is 1.97. The quantitative estimate of drug-likeness (QED) is 0.813. The summed E-state index contributed by atoms with van der Waals surface area (Å²) < 4.78 is 0. The molecule has 0 aromatic carbocycles. The largest absolute Gasteiger partial charge is 0.317 e. The third-order valence-corrected chi connectivity index (χ3v) is 5.46. The number of likely N-dealkylation sites (tertiary alicyclic amines) is 1. The molecular weight excluding hydrogens is 208 g/mol. The molecule has 2 heteroatoms. The van der Waals surface area contributed by atoms with Crippen molar-refractivity contribution in [2.75, 3.05) is 26.2 Å². The minimum Gasteiger partial charge on any atom is -0.317 e. The summed E-state index contributed by atoms with van der Waals surface area (Å²) in [6, 6.07) is 0.794. The van der Waals surface area contributed by atoms with E-state index >= 15 is 0 Å². The van der Waals surface area contributed by atoms with Crippen molar-refractivity contribution >= 4 is 0 Å². The first kappa shape index (κ1) is 13.4. The first-order valence-electron chi connectivity index (χ1n) is 7.62. The Bertz CT molecular complexity index is 233. The van der Waals surface area contributed by atoms with E-state index in [1.54, 1.807) is 0 Å². The molecule has 0 bridgehead atoms. The predicted molar refractivity (Wildman–Crippen MR) is 74.3 cm³/mol. The topological polar surface area (TPSA) is 15.3 Å². The molecule has 17 heavy (non-hydrogen) atoms. The van der Waals surface area contributed by atoms with Gasteiger partial charge in [0.25, 0.3) is 0 Å². The van der Waals surface area contributed by atoms with Crippen molar-refractivity contribution in [3.63, 3.8) is 0 Å². The summed E-state index contributed by atoms with van der Waals surface area (Å²) in [6.07, 6.45) is 6.94. The minimum atomic E-state index is 0.608. The number of hydrogen-bond acceptors (Lipinski definition) is 2. The zero-order chi connectivity index (χ0) is 12.3. The molecule has 2 atom stereocenters. The van der Waals surface area contributed by atoms with Crippen LogP contribution in [0.1, 0.15) is 52.9 Å². The van der Waals surface area contributed by atoms with Gasteiger partial charge in [-0.25, -0.2) is 0 Å². The standard InChI is InChI=1S/C15H30N2/c1-4-15(7-9-16-10-8-15)12-17-11-5-6-13(2)14(17)3/h13-14,16H,4-12H2,1-3H3. The number of hydrogen-bond donors (Lipinski definition) is 1. The highest BCUT2D eigenvalue weighted by Gasteiger charge is 2.35. The second-order valence-corrected chi connectivity index (χ2v) is 6.43. The number of rotatable bonds is 3. The van der Waals surface area contributed by atoms with Crippen molar-refractivity contribution in [2.24, 2.45) is 11.3 Å². The average molecular weight is 238 g/mol. The maximum atomic E-state index is 3.51.